The Labute approximate surface area is 177 Å². The van der Waals surface area contributed by atoms with Gasteiger partial charge in [-0.25, -0.2) is 4.39 Å². The minimum Gasteiger partial charge on any atom is -0.351 e. The van der Waals surface area contributed by atoms with Gasteiger partial charge in [0, 0.05) is 17.8 Å². The highest BCUT2D eigenvalue weighted by molar-refractivity contribution is 5.81. The van der Waals surface area contributed by atoms with E-state index in [2.05, 4.69) is 20.4 Å². The summed E-state index contributed by atoms with van der Waals surface area (Å²) < 4.78 is 13.1. The molecule has 5 nitrogen and oxygen atoms in total. The number of carbonyl (C=O) groups is 1. The number of aryl methyl sites for hydroxylation is 2. The number of benzene rings is 2. The van der Waals surface area contributed by atoms with Crippen molar-refractivity contribution in [1.29, 1.82) is 0 Å². The van der Waals surface area contributed by atoms with Crippen LogP contribution in [0.15, 0.2) is 54.6 Å². The Morgan fingerprint density at radius 1 is 1.17 bits per heavy atom. The van der Waals surface area contributed by atoms with Crippen LogP contribution < -0.4 is 5.32 Å². The lowest BCUT2D eigenvalue weighted by atomic mass is 10.1. The quantitative estimate of drug-likeness (QED) is 0.561. The largest absolute Gasteiger partial charge is 0.351 e. The number of likely N-dealkylation sites (N-methyl/N-ethyl adjacent to an activating group) is 1. The molecule has 0 radical (unpaired) electrons. The van der Waals surface area contributed by atoms with Crippen LogP contribution in [0.4, 0.5) is 4.39 Å². The van der Waals surface area contributed by atoms with Crippen LogP contribution in [0.5, 0.6) is 0 Å². The fraction of sp³-hybridized carbons (Fsp3) is 0.333. The Morgan fingerprint density at radius 2 is 1.87 bits per heavy atom. The molecule has 0 saturated heterocycles. The van der Waals surface area contributed by atoms with E-state index < -0.39 is 0 Å². The van der Waals surface area contributed by atoms with Crippen LogP contribution >= 0.6 is 0 Å². The molecule has 6 heteroatoms. The zero-order valence-electron chi connectivity index (χ0n) is 17.8. The lowest BCUT2D eigenvalue weighted by Gasteiger charge is -2.23. The molecule has 0 saturated carbocycles. The van der Waals surface area contributed by atoms with Gasteiger partial charge in [0.2, 0.25) is 5.91 Å². The fourth-order valence-electron chi connectivity index (χ4n) is 3.21. The number of carbonyl (C=O) groups excluding carboxylic acids is 1. The Morgan fingerprint density at radius 3 is 2.57 bits per heavy atom. The first-order valence-corrected chi connectivity index (χ1v) is 10.3. The first kappa shape index (κ1) is 21.7. The van der Waals surface area contributed by atoms with Crippen molar-refractivity contribution in [2.24, 2.45) is 0 Å². The Hall–Kier alpha value is -2.99. The summed E-state index contributed by atoms with van der Waals surface area (Å²) in [5, 5.41) is 10.4. The van der Waals surface area contributed by atoms with Crippen LogP contribution in [0, 0.1) is 12.7 Å². The number of rotatable bonds is 9. The summed E-state index contributed by atoms with van der Waals surface area (Å²) in [4.78, 5) is 14.5. The highest BCUT2D eigenvalue weighted by atomic mass is 19.1. The van der Waals surface area contributed by atoms with Crippen molar-refractivity contribution in [3.05, 3.63) is 77.2 Å². The standard InChI is InChI=1S/C24H29FN4O/c1-17-6-8-19(9-7-17)16-26-24(30)18(2)29(3)14-4-5-22-15-23(28-27-22)20-10-12-21(25)13-11-20/h6-13,15,18H,4-5,14,16H2,1-3H3,(H,26,30)(H,27,28). The summed E-state index contributed by atoms with van der Waals surface area (Å²) in [5.74, 6) is -0.229. The number of hydrogen-bond acceptors (Lipinski definition) is 3. The Balaban J connectivity index is 1.42. The summed E-state index contributed by atoms with van der Waals surface area (Å²) in [6, 6.07) is 16.3. The molecule has 3 rings (SSSR count). The number of aromatic nitrogens is 2. The normalized spacial score (nSPS) is 12.2. The van der Waals surface area contributed by atoms with E-state index in [1.165, 1.54) is 17.7 Å². The number of H-pyrrole nitrogens is 1. The van der Waals surface area contributed by atoms with E-state index >= 15 is 0 Å². The summed E-state index contributed by atoms with van der Waals surface area (Å²) in [6.07, 6.45) is 1.73. The molecule has 0 aliphatic carbocycles. The number of nitrogens with one attached hydrogen (secondary N) is 2. The third kappa shape index (κ3) is 6.00. The van der Waals surface area contributed by atoms with Crippen LogP contribution in [-0.2, 0) is 17.8 Å². The van der Waals surface area contributed by atoms with E-state index in [1.807, 2.05) is 51.2 Å². The molecular weight excluding hydrogens is 379 g/mol. The molecule has 158 valence electrons. The third-order valence-corrected chi connectivity index (χ3v) is 5.36. The molecule has 3 aromatic rings. The summed E-state index contributed by atoms with van der Waals surface area (Å²) in [5.41, 5.74) is 5.02. The van der Waals surface area contributed by atoms with Gasteiger partial charge >= 0.3 is 0 Å². The van der Waals surface area contributed by atoms with Crippen molar-refractivity contribution in [3.63, 3.8) is 0 Å². The molecular formula is C24H29FN4O. The van der Waals surface area contributed by atoms with Gasteiger partial charge in [-0.2, -0.15) is 5.10 Å². The minimum absolute atomic E-state index is 0.0261. The maximum Gasteiger partial charge on any atom is 0.237 e. The van der Waals surface area contributed by atoms with Gasteiger partial charge in [0.1, 0.15) is 5.82 Å². The van der Waals surface area contributed by atoms with Gasteiger partial charge in [-0.15, -0.1) is 0 Å². The molecule has 1 amide bonds. The smallest absolute Gasteiger partial charge is 0.237 e. The highest BCUT2D eigenvalue weighted by Gasteiger charge is 2.17. The molecule has 1 heterocycles. The minimum atomic E-state index is -0.255. The molecule has 1 aromatic heterocycles. The van der Waals surface area contributed by atoms with E-state index in [0.29, 0.717) is 6.54 Å². The van der Waals surface area contributed by atoms with Crippen molar-refractivity contribution < 1.29 is 9.18 Å². The first-order valence-electron chi connectivity index (χ1n) is 10.3. The molecule has 0 spiro atoms. The molecule has 0 fully saturated rings. The van der Waals surface area contributed by atoms with Gasteiger partial charge in [-0.05, 0) is 76.2 Å². The second-order valence-electron chi connectivity index (χ2n) is 7.75. The SMILES string of the molecule is Cc1ccc(CNC(=O)C(C)N(C)CCCc2cc(-c3ccc(F)cc3)n[nH]2)cc1. The lowest BCUT2D eigenvalue weighted by Crippen LogP contribution is -2.43. The predicted octanol–water partition coefficient (Wildman–Crippen LogP) is 4.09. The zero-order valence-corrected chi connectivity index (χ0v) is 17.8. The van der Waals surface area contributed by atoms with Crippen molar-refractivity contribution in [2.75, 3.05) is 13.6 Å². The maximum absolute atomic E-state index is 13.1. The van der Waals surface area contributed by atoms with E-state index in [-0.39, 0.29) is 17.8 Å². The maximum atomic E-state index is 13.1. The number of amides is 1. The second-order valence-corrected chi connectivity index (χ2v) is 7.75. The van der Waals surface area contributed by atoms with E-state index in [1.54, 1.807) is 12.1 Å². The van der Waals surface area contributed by atoms with Crippen LogP contribution in [0.2, 0.25) is 0 Å². The number of aromatic amines is 1. The van der Waals surface area contributed by atoms with Gasteiger partial charge in [0.05, 0.1) is 11.7 Å². The van der Waals surface area contributed by atoms with Crippen LogP contribution in [0.25, 0.3) is 11.3 Å². The molecule has 1 unspecified atom stereocenters. The van der Waals surface area contributed by atoms with Gasteiger partial charge in [-0.1, -0.05) is 29.8 Å². The summed E-state index contributed by atoms with van der Waals surface area (Å²) in [6.45, 7) is 5.31. The molecule has 0 aliphatic heterocycles. The topological polar surface area (TPSA) is 61.0 Å². The van der Waals surface area contributed by atoms with Crippen LogP contribution in [0.1, 0.15) is 30.2 Å². The highest BCUT2D eigenvalue weighted by Crippen LogP contribution is 2.18. The van der Waals surface area contributed by atoms with Gasteiger partial charge < -0.3 is 5.32 Å². The van der Waals surface area contributed by atoms with Crippen LogP contribution in [0.3, 0.4) is 0 Å². The number of hydrogen-bond donors (Lipinski definition) is 2. The predicted molar refractivity (Wildman–Crippen MR) is 117 cm³/mol. The van der Waals surface area contributed by atoms with E-state index in [0.717, 1.165) is 41.9 Å². The molecule has 1 atom stereocenters. The molecule has 2 N–H and O–H groups in total. The van der Waals surface area contributed by atoms with Crippen molar-refractivity contribution in [1.82, 2.24) is 20.4 Å². The summed E-state index contributed by atoms with van der Waals surface area (Å²) in [7, 11) is 1.97. The fourth-order valence-corrected chi connectivity index (χ4v) is 3.21. The monoisotopic (exact) mass is 408 g/mol. The average molecular weight is 409 g/mol. The van der Waals surface area contributed by atoms with Crippen LogP contribution in [-0.4, -0.2) is 40.6 Å². The Bertz CT molecular complexity index is 950. The third-order valence-electron chi connectivity index (χ3n) is 5.36. The van der Waals surface area contributed by atoms with Gasteiger partial charge in [-0.3, -0.25) is 14.8 Å². The van der Waals surface area contributed by atoms with Crippen molar-refractivity contribution in [2.45, 2.75) is 39.3 Å². The number of nitrogens with zero attached hydrogens (tertiary/aromatic N) is 2. The second kappa shape index (κ2) is 10.2. The molecule has 2 aromatic carbocycles. The van der Waals surface area contributed by atoms with E-state index in [9.17, 15) is 9.18 Å². The molecule has 30 heavy (non-hydrogen) atoms. The van der Waals surface area contributed by atoms with Crippen molar-refractivity contribution >= 4 is 5.91 Å². The molecule has 0 aliphatic rings. The average Bonchev–Trinajstić information content (AvgIpc) is 3.22. The van der Waals surface area contributed by atoms with Crippen molar-refractivity contribution in [3.8, 4) is 11.3 Å². The summed E-state index contributed by atoms with van der Waals surface area (Å²) >= 11 is 0. The number of halogens is 1. The zero-order chi connectivity index (χ0) is 21.5. The van der Waals surface area contributed by atoms with E-state index in [4.69, 9.17) is 0 Å². The molecule has 0 bridgehead atoms. The Kier molecular flexibility index (Phi) is 7.36. The first-order chi connectivity index (χ1) is 14.4. The van der Waals surface area contributed by atoms with Gasteiger partial charge in [0.15, 0.2) is 0 Å². The lowest BCUT2D eigenvalue weighted by molar-refractivity contribution is -0.125. The van der Waals surface area contributed by atoms with Gasteiger partial charge in [0.25, 0.3) is 0 Å².